The SMILES string of the molecule is CCC[C@@H]1CCC2(C1)O[C@H](C)[C@@H](C)O2. The van der Waals surface area contributed by atoms with Gasteiger partial charge in [-0.15, -0.1) is 0 Å². The zero-order valence-electron chi connectivity index (χ0n) is 9.58. The zero-order valence-corrected chi connectivity index (χ0v) is 9.58. The molecule has 2 nitrogen and oxygen atoms in total. The first-order valence-corrected chi connectivity index (χ1v) is 6.01. The smallest absolute Gasteiger partial charge is 0.169 e. The lowest BCUT2D eigenvalue weighted by molar-refractivity contribution is -0.169. The molecule has 0 radical (unpaired) electrons. The van der Waals surface area contributed by atoms with Gasteiger partial charge in [0.2, 0.25) is 0 Å². The van der Waals surface area contributed by atoms with Crippen molar-refractivity contribution in [2.24, 2.45) is 5.92 Å². The lowest BCUT2D eigenvalue weighted by atomic mass is 10.0. The summed E-state index contributed by atoms with van der Waals surface area (Å²) in [6.07, 6.45) is 6.67. The third-order valence-electron chi connectivity index (χ3n) is 3.69. The number of ether oxygens (including phenoxy) is 2. The second kappa shape index (κ2) is 3.82. The van der Waals surface area contributed by atoms with Crippen LogP contribution < -0.4 is 0 Å². The van der Waals surface area contributed by atoms with Gasteiger partial charge >= 0.3 is 0 Å². The summed E-state index contributed by atoms with van der Waals surface area (Å²) in [5.74, 6) is 0.635. The molecule has 0 aromatic carbocycles. The highest BCUT2D eigenvalue weighted by atomic mass is 16.8. The van der Waals surface area contributed by atoms with Crippen LogP contribution in [0.2, 0.25) is 0 Å². The van der Waals surface area contributed by atoms with Gasteiger partial charge in [0.25, 0.3) is 0 Å². The standard InChI is InChI=1S/C12H22O2/c1-4-5-11-6-7-12(8-11)13-9(2)10(3)14-12/h9-11H,4-8H2,1-3H3/t9-,10-,11-/m1/s1. The molecule has 2 rings (SSSR count). The van der Waals surface area contributed by atoms with Crippen LogP contribution in [0.25, 0.3) is 0 Å². The van der Waals surface area contributed by atoms with Crippen LogP contribution >= 0.6 is 0 Å². The van der Waals surface area contributed by atoms with Crippen molar-refractivity contribution in [3.63, 3.8) is 0 Å². The van der Waals surface area contributed by atoms with Crippen molar-refractivity contribution in [2.45, 2.75) is 70.9 Å². The fourth-order valence-corrected chi connectivity index (χ4v) is 2.83. The summed E-state index contributed by atoms with van der Waals surface area (Å²) < 4.78 is 12.0. The average molecular weight is 198 g/mol. The Balaban J connectivity index is 1.94. The lowest BCUT2D eigenvalue weighted by Gasteiger charge is -2.22. The van der Waals surface area contributed by atoms with Crippen LogP contribution in [-0.2, 0) is 9.47 Å². The van der Waals surface area contributed by atoms with Crippen molar-refractivity contribution >= 4 is 0 Å². The third kappa shape index (κ3) is 1.82. The summed E-state index contributed by atoms with van der Waals surface area (Å²) in [5.41, 5.74) is 0. The van der Waals surface area contributed by atoms with Gasteiger partial charge in [-0.2, -0.15) is 0 Å². The molecule has 0 bridgehead atoms. The first-order valence-electron chi connectivity index (χ1n) is 6.01. The Morgan fingerprint density at radius 1 is 1.21 bits per heavy atom. The van der Waals surface area contributed by atoms with Crippen molar-refractivity contribution in [1.82, 2.24) is 0 Å². The Labute approximate surface area is 87.0 Å². The molecule has 0 aromatic rings. The summed E-state index contributed by atoms with van der Waals surface area (Å²) in [6, 6.07) is 0. The fraction of sp³-hybridized carbons (Fsp3) is 1.00. The van der Waals surface area contributed by atoms with Gasteiger partial charge in [-0.25, -0.2) is 0 Å². The van der Waals surface area contributed by atoms with Crippen molar-refractivity contribution in [3.8, 4) is 0 Å². The molecule has 0 N–H and O–H groups in total. The van der Waals surface area contributed by atoms with E-state index in [2.05, 4.69) is 20.8 Å². The third-order valence-corrected chi connectivity index (χ3v) is 3.69. The van der Waals surface area contributed by atoms with E-state index >= 15 is 0 Å². The molecule has 2 fully saturated rings. The summed E-state index contributed by atoms with van der Waals surface area (Å²) in [7, 11) is 0. The minimum Gasteiger partial charge on any atom is -0.344 e. The normalized spacial score (nSPS) is 40.9. The van der Waals surface area contributed by atoms with Crippen LogP contribution in [0.4, 0.5) is 0 Å². The lowest BCUT2D eigenvalue weighted by Crippen LogP contribution is -2.27. The van der Waals surface area contributed by atoms with Gasteiger partial charge in [-0.3, -0.25) is 0 Å². The highest BCUT2D eigenvalue weighted by molar-refractivity contribution is 4.89. The summed E-state index contributed by atoms with van der Waals surface area (Å²) >= 11 is 0. The van der Waals surface area contributed by atoms with E-state index in [0.29, 0.717) is 0 Å². The first kappa shape index (κ1) is 10.4. The van der Waals surface area contributed by atoms with E-state index < -0.39 is 0 Å². The molecule has 1 saturated heterocycles. The largest absolute Gasteiger partial charge is 0.344 e. The maximum Gasteiger partial charge on any atom is 0.169 e. The molecule has 2 heteroatoms. The minimum absolute atomic E-state index is 0.196. The molecule has 1 spiro atoms. The molecule has 1 aliphatic heterocycles. The molecule has 0 aromatic heterocycles. The molecular weight excluding hydrogens is 176 g/mol. The Kier molecular flexibility index (Phi) is 2.85. The average Bonchev–Trinajstić information content (AvgIpc) is 2.60. The van der Waals surface area contributed by atoms with Crippen LogP contribution in [0.3, 0.4) is 0 Å². The van der Waals surface area contributed by atoms with E-state index in [1.165, 1.54) is 19.3 Å². The highest BCUT2D eigenvalue weighted by Gasteiger charge is 2.48. The van der Waals surface area contributed by atoms with Crippen LogP contribution in [0.15, 0.2) is 0 Å². The van der Waals surface area contributed by atoms with Gasteiger partial charge in [0.05, 0.1) is 12.2 Å². The highest BCUT2D eigenvalue weighted by Crippen LogP contribution is 2.45. The van der Waals surface area contributed by atoms with Gasteiger partial charge in [-0.05, 0) is 26.2 Å². The summed E-state index contributed by atoms with van der Waals surface area (Å²) in [6.45, 7) is 6.49. The molecular formula is C12H22O2. The van der Waals surface area contributed by atoms with Crippen molar-refractivity contribution in [1.29, 1.82) is 0 Å². The summed E-state index contributed by atoms with van der Waals surface area (Å²) in [5, 5.41) is 0. The van der Waals surface area contributed by atoms with E-state index in [4.69, 9.17) is 9.47 Å². The molecule has 1 aliphatic carbocycles. The molecule has 14 heavy (non-hydrogen) atoms. The second-order valence-electron chi connectivity index (χ2n) is 4.95. The minimum atomic E-state index is -0.196. The molecule has 2 aliphatic rings. The van der Waals surface area contributed by atoms with Crippen LogP contribution in [0.5, 0.6) is 0 Å². The quantitative estimate of drug-likeness (QED) is 0.678. The second-order valence-corrected chi connectivity index (χ2v) is 4.95. The van der Waals surface area contributed by atoms with Gasteiger partial charge in [0, 0.05) is 12.8 Å². The number of hydrogen-bond donors (Lipinski definition) is 0. The molecule has 0 unspecified atom stereocenters. The van der Waals surface area contributed by atoms with Crippen LogP contribution in [-0.4, -0.2) is 18.0 Å². The maximum atomic E-state index is 5.98. The fourth-order valence-electron chi connectivity index (χ4n) is 2.83. The van der Waals surface area contributed by atoms with Gasteiger partial charge < -0.3 is 9.47 Å². The molecule has 3 atom stereocenters. The summed E-state index contributed by atoms with van der Waals surface area (Å²) in [4.78, 5) is 0. The topological polar surface area (TPSA) is 18.5 Å². The predicted molar refractivity (Wildman–Crippen MR) is 56.1 cm³/mol. The van der Waals surface area contributed by atoms with Crippen LogP contribution in [0.1, 0.15) is 52.9 Å². The van der Waals surface area contributed by atoms with E-state index in [1.54, 1.807) is 0 Å². The van der Waals surface area contributed by atoms with E-state index in [0.717, 1.165) is 18.8 Å². The van der Waals surface area contributed by atoms with E-state index in [1.807, 2.05) is 0 Å². The number of rotatable bonds is 2. The predicted octanol–water partition coefficient (Wildman–Crippen LogP) is 3.11. The molecule has 0 amide bonds. The number of hydrogen-bond acceptors (Lipinski definition) is 2. The molecule has 82 valence electrons. The van der Waals surface area contributed by atoms with E-state index in [-0.39, 0.29) is 18.0 Å². The van der Waals surface area contributed by atoms with Crippen molar-refractivity contribution in [2.75, 3.05) is 0 Å². The van der Waals surface area contributed by atoms with Crippen LogP contribution in [0, 0.1) is 5.92 Å². The Morgan fingerprint density at radius 3 is 2.43 bits per heavy atom. The zero-order chi connectivity index (χ0) is 10.2. The van der Waals surface area contributed by atoms with Crippen molar-refractivity contribution in [3.05, 3.63) is 0 Å². The van der Waals surface area contributed by atoms with E-state index in [9.17, 15) is 0 Å². The molecule has 1 saturated carbocycles. The first-order chi connectivity index (χ1) is 6.65. The molecule has 1 heterocycles. The Bertz CT molecular complexity index is 192. The Morgan fingerprint density at radius 2 is 1.86 bits per heavy atom. The monoisotopic (exact) mass is 198 g/mol. The Hall–Kier alpha value is -0.0800. The van der Waals surface area contributed by atoms with Gasteiger partial charge in [0.1, 0.15) is 0 Å². The van der Waals surface area contributed by atoms with Crippen molar-refractivity contribution < 1.29 is 9.47 Å². The van der Waals surface area contributed by atoms with Gasteiger partial charge in [0.15, 0.2) is 5.79 Å². The maximum absolute atomic E-state index is 5.98. The van der Waals surface area contributed by atoms with Gasteiger partial charge in [-0.1, -0.05) is 19.8 Å².